The van der Waals surface area contributed by atoms with E-state index in [-0.39, 0.29) is 42.7 Å². The van der Waals surface area contributed by atoms with E-state index in [9.17, 15) is 4.79 Å². The predicted molar refractivity (Wildman–Crippen MR) is 124 cm³/mol. The Morgan fingerprint density at radius 3 is 2.45 bits per heavy atom. The zero-order valence-electron chi connectivity index (χ0n) is 17.7. The Labute approximate surface area is 189 Å². The minimum atomic E-state index is -0.256. The normalized spacial score (nSPS) is 41.1. The van der Waals surface area contributed by atoms with Crippen LogP contribution in [-0.4, -0.2) is 36.5 Å². The molecule has 3 aliphatic heterocycles. The summed E-state index contributed by atoms with van der Waals surface area (Å²) >= 11 is 2.18. The van der Waals surface area contributed by atoms with Gasteiger partial charge in [0.05, 0.1) is 30.8 Å². The number of fused-ring (bicyclic) bond motifs is 4. The van der Waals surface area contributed by atoms with Crippen molar-refractivity contribution in [1.29, 1.82) is 0 Å². The van der Waals surface area contributed by atoms with Crippen molar-refractivity contribution in [3.8, 4) is 0 Å². The second-order valence-electron chi connectivity index (χ2n) is 9.02. The Morgan fingerprint density at radius 1 is 1.00 bits per heavy atom. The molecule has 0 saturated carbocycles. The number of allylic oxidation sites excluding steroid dienone is 1. The predicted octanol–water partition coefficient (Wildman–Crippen LogP) is 5.90. The second kappa shape index (κ2) is 11.1. The molecule has 29 heavy (non-hydrogen) atoms. The second-order valence-corrected chi connectivity index (χ2v) is 9.74. The van der Waals surface area contributed by atoms with E-state index in [1.165, 1.54) is 12.0 Å². The molecule has 5 heteroatoms. The largest absolute Gasteiger partial charge is 0.457 e. The highest BCUT2D eigenvalue weighted by Gasteiger charge is 2.32. The molecule has 0 aromatic carbocycles. The Morgan fingerprint density at radius 2 is 1.69 bits per heavy atom. The lowest BCUT2D eigenvalue weighted by Crippen LogP contribution is -2.37. The number of esters is 1. The number of carbonyl (C=O) groups excluding carboxylic acids is 1. The molecule has 0 radical (unpaired) electrons. The van der Waals surface area contributed by atoms with Crippen molar-refractivity contribution < 1.29 is 19.0 Å². The fourth-order valence-corrected chi connectivity index (χ4v) is 5.13. The van der Waals surface area contributed by atoms with Crippen LogP contribution in [0.4, 0.5) is 0 Å². The zero-order chi connectivity index (χ0) is 20.8. The third kappa shape index (κ3) is 7.21. The number of ether oxygens (including phenoxy) is 3. The summed E-state index contributed by atoms with van der Waals surface area (Å²) in [6.45, 7) is 8.55. The van der Waals surface area contributed by atoms with E-state index < -0.39 is 0 Å². The van der Waals surface area contributed by atoms with Crippen molar-refractivity contribution in [3.63, 3.8) is 0 Å². The first-order valence-corrected chi connectivity index (χ1v) is 12.3. The first kappa shape index (κ1) is 23.0. The molecule has 0 amide bonds. The molecule has 4 bridgehead atoms. The van der Waals surface area contributed by atoms with Gasteiger partial charge in [0, 0.05) is 12.3 Å². The Kier molecular flexibility index (Phi) is 8.81. The van der Waals surface area contributed by atoms with Gasteiger partial charge in [-0.05, 0) is 54.6 Å². The lowest BCUT2D eigenvalue weighted by atomic mass is 9.90. The van der Waals surface area contributed by atoms with Crippen LogP contribution in [0.2, 0.25) is 0 Å². The molecule has 3 aliphatic rings. The minimum Gasteiger partial charge on any atom is -0.457 e. The molecule has 2 unspecified atom stereocenters. The molecule has 4 nitrogen and oxygen atoms in total. The fraction of sp³-hybridized carbons (Fsp3) is 0.708. The number of hydrogen-bond donors (Lipinski definition) is 0. The van der Waals surface area contributed by atoms with Crippen LogP contribution in [0.1, 0.15) is 65.2 Å². The van der Waals surface area contributed by atoms with E-state index >= 15 is 0 Å². The summed E-state index contributed by atoms with van der Waals surface area (Å²) < 4.78 is 20.5. The number of carbonyl (C=O) groups is 1. The molecular formula is C24H35IO4. The first-order chi connectivity index (χ1) is 13.9. The molecule has 0 spiro atoms. The van der Waals surface area contributed by atoms with Crippen molar-refractivity contribution in [1.82, 2.24) is 0 Å². The number of halogens is 1. The van der Waals surface area contributed by atoms with Crippen LogP contribution in [0.3, 0.4) is 0 Å². The lowest BCUT2D eigenvalue weighted by Gasteiger charge is -2.37. The van der Waals surface area contributed by atoms with E-state index in [0.717, 1.165) is 38.5 Å². The van der Waals surface area contributed by atoms with Crippen molar-refractivity contribution in [2.45, 2.75) is 95.7 Å². The summed E-state index contributed by atoms with van der Waals surface area (Å²) in [4.78, 5) is 12.6. The Hall–Kier alpha value is -0.660. The van der Waals surface area contributed by atoms with Gasteiger partial charge in [0.15, 0.2) is 0 Å². The van der Waals surface area contributed by atoms with Crippen LogP contribution in [0.15, 0.2) is 34.5 Å². The number of cyclic esters (lactones) is 1. The molecule has 0 aliphatic carbocycles. The van der Waals surface area contributed by atoms with Crippen molar-refractivity contribution in [3.05, 3.63) is 34.5 Å². The van der Waals surface area contributed by atoms with E-state index in [1.54, 1.807) is 0 Å². The van der Waals surface area contributed by atoms with Crippen LogP contribution >= 0.6 is 22.6 Å². The quantitative estimate of drug-likeness (QED) is 0.248. The van der Waals surface area contributed by atoms with Gasteiger partial charge in [-0.1, -0.05) is 60.7 Å². The molecule has 3 rings (SSSR count). The molecule has 3 heterocycles. The average molecular weight is 514 g/mol. The maximum absolute atomic E-state index is 12.6. The van der Waals surface area contributed by atoms with Gasteiger partial charge in [0.25, 0.3) is 0 Å². The SMILES string of the molecule is C=C1CC2C[C@@H]3CCCC(C[C@@H](C)/C=C/[C@H](C)[C@H](/C=C/I)OC(=O)C[C@H](C1)O2)O3. The highest BCUT2D eigenvalue weighted by molar-refractivity contribution is 14.1. The van der Waals surface area contributed by atoms with Crippen molar-refractivity contribution in [2.24, 2.45) is 11.8 Å². The van der Waals surface area contributed by atoms with Gasteiger partial charge in [-0.15, -0.1) is 0 Å². The molecule has 2 fully saturated rings. The highest BCUT2D eigenvalue weighted by atomic mass is 127. The molecule has 162 valence electrons. The van der Waals surface area contributed by atoms with Crippen LogP contribution in [-0.2, 0) is 19.0 Å². The number of hydrogen-bond acceptors (Lipinski definition) is 4. The first-order valence-electron chi connectivity index (χ1n) is 11.0. The Balaban J connectivity index is 1.78. The van der Waals surface area contributed by atoms with E-state index in [2.05, 4.69) is 55.2 Å². The summed E-state index contributed by atoms with van der Waals surface area (Å²) in [6.07, 6.45) is 13.9. The molecular weight excluding hydrogens is 479 g/mol. The average Bonchev–Trinajstić information content (AvgIpc) is 2.65. The molecule has 0 aromatic heterocycles. The van der Waals surface area contributed by atoms with Crippen LogP contribution in [0.25, 0.3) is 0 Å². The number of rotatable bonds is 1. The summed E-state index contributed by atoms with van der Waals surface area (Å²) in [5.74, 6) is 0.358. The zero-order valence-corrected chi connectivity index (χ0v) is 19.9. The molecule has 2 saturated heterocycles. The molecule has 0 N–H and O–H groups in total. The van der Waals surface area contributed by atoms with Crippen LogP contribution in [0, 0.1) is 11.8 Å². The van der Waals surface area contributed by atoms with Gasteiger partial charge in [-0.3, -0.25) is 4.79 Å². The van der Waals surface area contributed by atoms with E-state index in [1.807, 2.05) is 10.2 Å². The van der Waals surface area contributed by atoms with Gasteiger partial charge >= 0.3 is 5.97 Å². The maximum Gasteiger partial charge on any atom is 0.309 e. The van der Waals surface area contributed by atoms with Gasteiger partial charge in [0.2, 0.25) is 0 Å². The van der Waals surface area contributed by atoms with Crippen LogP contribution in [0.5, 0.6) is 0 Å². The summed E-state index contributed by atoms with van der Waals surface area (Å²) in [5, 5.41) is 0. The summed E-state index contributed by atoms with van der Waals surface area (Å²) in [7, 11) is 0. The van der Waals surface area contributed by atoms with Crippen molar-refractivity contribution >= 4 is 28.6 Å². The highest BCUT2D eigenvalue weighted by Crippen LogP contribution is 2.33. The standard InChI is InChI=1S/C24H35IO4/c1-16-7-8-18(3)23(9-10-25)29-24(26)15-22-13-17(2)12-21(28-22)14-20-6-4-5-19(11-16)27-20/h7-10,16,18-23H,2,4-6,11-15H2,1,3H3/b8-7+,10-9+/t16-,18-,19?,20-,21?,22-,23-/m0/s1. The van der Waals surface area contributed by atoms with Gasteiger partial charge < -0.3 is 14.2 Å². The van der Waals surface area contributed by atoms with Crippen molar-refractivity contribution in [2.75, 3.05) is 0 Å². The van der Waals surface area contributed by atoms with Gasteiger partial charge in [0.1, 0.15) is 6.10 Å². The lowest BCUT2D eigenvalue weighted by molar-refractivity contribution is -0.154. The van der Waals surface area contributed by atoms with Gasteiger partial charge in [-0.2, -0.15) is 0 Å². The van der Waals surface area contributed by atoms with E-state index in [4.69, 9.17) is 14.2 Å². The molecule has 7 atom stereocenters. The maximum atomic E-state index is 12.6. The fourth-order valence-electron chi connectivity index (χ4n) is 4.72. The summed E-state index contributed by atoms with van der Waals surface area (Å²) in [5.41, 5.74) is 1.17. The Bertz CT molecular complexity index is 628. The third-order valence-corrected chi connectivity index (χ3v) is 6.62. The van der Waals surface area contributed by atoms with Crippen LogP contribution < -0.4 is 0 Å². The van der Waals surface area contributed by atoms with Gasteiger partial charge in [-0.25, -0.2) is 0 Å². The molecule has 0 aromatic rings. The smallest absolute Gasteiger partial charge is 0.309 e. The third-order valence-electron chi connectivity index (χ3n) is 6.20. The van der Waals surface area contributed by atoms with E-state index in [0.29, 0.717) is 12.0 Å². The topological polar surface area (TPSA) is 44.8 Å². The summed E-state index contributed by atoms with van der Waals surface area (Å²) in [6, 6.07) is 0. The monoisotopic (exact) mass is 514 g/mol. The minimum absolute atomic E-state index is 0.0898.